The molecule has 6 aliphatic carbocycles. The van der Waals surface area contributed by atoms with Gasteiger partial charge in [-0.3, -0.25) is 14.4 Å². The van der Waals surface area contributed by atoms with Crippen LogP contribution in [0.5, 0.6) is 0 Å². The highest BCUT2D eigenvalue weighted by Crippen LogP contribution is 2.72. The molecule has 0 bridgehead atoms. The average molecular weight is 654 g/mol. The first-order valence-electron chi connectivity index (χ1n) is 18.5. The molecule has 8 nitrogen and oxygen atoms in total. The lowest BCUT2D eigenvalue weighted by Gasteiger charge is -2.68. The standard InChI is InChI=1S/C39H59NO7/c1-22(2)31-26(41)19-39(40-34(45)46-21-23-9-10-23)18-13-25-24(32(31)39)11-12-28-37(25,7)16-14-27-36(5,6)29(15-17-38(27,28)8)47-30(42)20-35(3,4)33(43)44/h22-25,27-29H,9-21H2,1-8H3,(H,40,45)(H,43,44)/t24?,25?,27?,28?,29-,37-,38-,39+/m0/s1. The molecule has 0 aromatic rings. The molecule has 6 rings (SSSR count). The maximum absolute atomic E-state index is 13.7. The van der Waals surface area contributed by atoms with E-state index in [9.17, 15) is 24.3 Å². The summed E-state index contributed by atoms with van der Waals surface area (Å²) >= 11 is 0. The van der Waals surface area contributed by atoms with E-state index in [0.29, 0.717) is 36.7 Å². The molecule has 47 heavy (non-hydrogen) atoms. The summed E-state index contributed by atoms with van der Waals surface area (Å²) in [4.78, 5) is 51.5. The lowest BCUT2D eigenvalue weighted by atomic mass is 9.37. The van der Waals surface area contributed by atoms with Gasteiger partial charge >= 0.3 is 18.0 Å². The Balaban J connectivity index is 1.24. The fourth-order valence-electron chi connectivity index (χ4n) is 12.0. The van der Waals surface area contributed by atoms with E-state index in [1.54, 1.807) is 13.8 Å². The first kappa shape index (κ1) is 34.5. The lowest BCUT2D eigenvalue weighted by Crippen LogP contribution is -2.64. The van der Waals surface area contributed by atoms with E-state index >= 15 is 0 Å². The van der Waals surface area contributed by atoms with Gasteiger partial charge in [0.05, 0.1) is 24.0 Å². The van der Waals surface area contributed by atoms with Gasteiger partial charge in [0.1, 0.15) is 6.10 Å². The molecule has 4 unspecified atom stereocenters. The maximum Gasteiger partial charge on any atom is 0.407 e. The summed E-state index contributed by atoms with van der Waals surface area (Å²) < 4.78 is 11.8. The van der Waals surface area contributed by atoms with E-state index in [4.69, 9.17) is 9.47 Å². The van der Waals surface area contributed by atoms with E-state index in [1.165, 1.54) is 5.57 Å². The van der Waals surface area contributed by atoms with Crippen molar-refractivity contribution in [3.05, 3.63) is 11.1 Å². The third-order valence-electron chi connectivity index (χ3n) is 14.5. The van der Waals surface area contributed by atoms with Crippen LogP contribution in [0.15, 0.2) is 11.1 Å². The summed E-state index contributed by atoms with van der Waals surface area (Å²) in [6, 6.07) is 0. The Hall–Kier alpha value is -2.38. The monoisotopic (exact) mass is 653 g/mol. The minimum Gasteiger partial charge on any atom is -0.481 e. The van der Waals surface area contributed by atoms with Crippen LogP contribution in [-0.4, -0.2) is 47.2 Å². The second-order valence-electron chi connectivity index (χ2n) is 18.5. The number of hydrogen-bond donors (Lipinski definition) is 2. The maximum atomic E-state index is 13.7. The quantitative estimate of drug-likeness (QED) is 0.256. The van der Waals surface area contributed by atoms with Crippen LogP contribution in [0.2, 0.25) is 0 Å². The molecular formula is C39H59NO7. The van der Waals surface area contributed by atoms with E-state index in [2.05, 4.69) is 46.9 Å². The number of alkyl carbamates (subject to hydrolysis) is 1. The van der Waals surface area contributed by atoms with Crippen molar-refractivity contribution in [1.29, 1.82) is 0 Å². The number of hydrogen-bond acceptors (Lipinski definition) is 6. The molecule has 0 aliphatic heterocycles. The van der Waals surface area contributed by atoms with Gasteiger partial charge in [-0.2, -0.15) is 0 Å². The number of esters is 1. The number of amides is 1. The van der Waals surface area contributed by atoms with Gasteiger partial charge in [-0.15, -0.1) is 0 Å². The second-order valence-corrected chi connectivity index (χ2v) is 18.5. The van der Waals surface area contributed by atoms with E-state index < -0.39 is 22.9 Å². The number of carboxylic acid groups (broad SMARTS) is 1. The van der Waals surface area contributed by atoms with Crippen molar-refractivity contribution in [1.82, 2.24) is 5.32 Å². The Morgan fingerprint density at radius 3 is 2.23 bits per heavy atom. The zero-order valence-corrected chi connectivity index (χ0v) is 30.1. The molecular weight excluding hydrogens is 594 g/mol. The molecule has 1 amide bonds. The number of aliphatic carboxylic acids is 1. The van der Waals surface area contributed by atoms with E-state index in [-0.39, 0.29) is 52.5 Å². The van der Waals surface area contributed by atoms with Gasteiger partial charge in [0.25, 0.3) is 0 Å². The van der Waals surface area contributed by atoms with E-state index in [1.807, 2.05) is 0 Å². The molecule has 2 N–H and O–H groups in total. The minimum atomic E-state index is -1.16. The Morgan fingerprint density at radius 2 is 1.60 bits per heavy atom. The molecule has 0 spiro atoms. The first-order valence-corrected chi connectivity index (χ1v) is 18.5. The summed E-state index contributed by atoms with van der Waals surface area (Å²) in [5.41, 5.74) is 0.370. The number of carbonyl (C=O) groups is 4. The van der Waals surface area contributed by atoms with Crippen molar-refractivity contribution in [3.63, 3.8) is 0 Å². The van der Waals surface area contributed by atoms with Crippen molar-refractivity contribution in [2.75, 3.05) is 6.61 Å². The number of carbonyl (C=O) groups excluding carboxylic acids is 3. The number of allylic oxidation sites excluding steroid dienone is 1. The smallest absolute Gasteiger partial charge is 0.407 e. The number of nitrogens with one attached hydrogen (secondary N) is 1. The molecule has 0 radical (unpaired) electrons. The first-order chi connectivity index (χ1) is 21.9. The second kappa shape index (κ2) is 11.6. The van der Waals surface area contributed by atoms with Crippen molar-refractivity contribution < 1.29 is 33.8 Å². The normalized spacial score (nSPS) is 39.3. The number of rotatable bonds is 8. The number of fused-ring (bicyclic) bond motifs is 7. The minimum absolute atomic E-state index is 0.0882. The fraction of sp³-hybridized carbons (Fsp3) is 0.846. The molecule has 6 aliphatic rings. The third kappa shape index (κ3) is 5.65. The molecule has 0 heterocycles. The third-order valence-corrected chi connectivity index (χ3v) is 14.5. The highest BCUT2D eigenvalue weighted by atomic mass is 16.6. The number of carboxylic acids is 1. The Morgan fingerprint density at radius 1 is 0.915 bits per heavy atom. The van der Waals surface area contributed by atoms with Crippen molar-refractivity contribution in [3.8, 4) is 0 Å². The number of Topliss-reactive ketones (excluding diaryl/α,β-unsaturated/α-hetero) is 1. The molecule has 5 saturated carbocycles. The zero-order chi connectivity index (χ0) is 34.3. The van der Waals surface area contributed by atoms with Gasteiger partial charge in [0.15, 0.2) is 5.78 Å². The largest absolute Gasteiger partial charge is 0.481 e. The van der Waals surface area contributed by atoms with Crippen LogP contribution in [0.25, 0.3) is 0 Å². The summed E-state index contributed by atoms with van der Waals surface area (Å²) in [5.74, 6) is 1.01. The van der Waals surface area contributed by atoms with Crippen LogP contribution >= 0.6 is 0 Å². The summed E-state index contributed by atoms with van der Waals surface area (Å²) in [5, 5.41) is 12.9. The molecule has 0 aromatic carbocycles. The Bertz CT molecular complexity index is 1360. The summed E-state index contributed by atoms with van der Waals surface area (Å²) in [7, 11) is 0. The van der Waals surface area contributed by atoms with Gasteiger partial charge < -0.3 is 19.9 Å². The highest BCUT2D eigenvalue weighted by molar-refractivity contribution is 6.02. The van der Waals surface area contributed by atoms with Gasteiger partial charge in [-0.25, -0.2) is 4.79 Å². The Kier molecular flexibility index (Phi) is 8.52. The number of ether oxygens (including phenoxy) is 2. The predicted molar refractivity (Wildman–Crippen MR) is 178 cm³/mol. The zero-order valence-electron chi connectivity index (χ0n) is 30.1. The van der Waals surface area contributed by atoms with Crippen LogP contribution in [0.1, 0.15) is 132 Å². The van der Waals surface area contributed by atoms with Crippen LogP contribution in [-0.2, 0) is 23.9 Å². The predicted octanol–water partition coefficient (Wildman–Crippen LogP) is 7.88. The molecule has 8 heteroatoms. The van der Waals surface area contributed by atoms with Crippen molar-refractivity contribution in [2.45, 2.75) is 144 Å². The van der Waals surface area contributed by atoms with Crippen LogP contribution < -0.4 is 5.32 Å². The van der Waals surface area contributed by atoms with Crippen molar-refractivity contribution >= 4 is 23.8 Å². The SMILES string of the molecule is CC(C)C1=C2C3CCC4[C@@](C)(CCC5C(C)(C)[C@@H](OC(=O)CC(C)(C)C(=O)O)CC[C@@]54C)C3CC[C@@]2(NC(=O)OCC2CC2)CC1=O. The molecule has 8 atom stereocenters. The van der Waals surface area contributed by atoms with Crippen LogP contribution in [0.4, 0.5) is 4.79 Å². The van der Waals surface area contributed by atoms with Gasteiger partial charge in [0, 0.05) is 11.8 Å². The summed E-state index contributed by atoms with van der Waals surface area (Å²) in [6.45, 7) is 17.4. The summed E-state index contributed by atoms with van der Waals surface area (Å²) in [6.07, 6.45) is 9.66. The fourth-order valence-corrected chi connectivity index (χ4v) is 12.0. The topological polar surface area (TPSA) is 119 Å². The molecule has 0 saturated heterocycles. The molecule has 0 aromatic heterocycles. The van der Waals surface area contributed by atoms with Crippen LogP contribution in [0, 0.1) is 57.2 Å². The average Bonchev–Trinajstić information content (AvgIpc) is 3.73. The van der Waals surface area contributed by atoms with E-state index in [0.717, 1.165) is 69.8 Å². The van der Waals surface area contributed by atoms with Gasteiger partial charge in [-0.05, 0) is 136 Å². The van der Waals surface area contributed by atoms with Crippen LogP contribution in [0.3, 0.4) is 0 Å². The number of ketones is 1. The lowest BCUT2D eigenvalue weighted by molar-refractivity contribution is -0.213. The molecule has 5 fully saturated rings. The van der Waals surface area contributed by atoms with Crippen molar-refractivity contribution in [2.24, 2.45) is 57.2 Å². The van der Waals surface area contributed by atoms with Gasteiger partial charge in [-0.1, -0.05) is 41.5 Å². The highest BCUT2D eigenvalue weighted by Gasteiger charge is 2.67. The van der Waals surface area contributed by atoms with Gasteiger partial charge in [0.2, 0.25) is 0 Å². The Labute approximate surface area is 281 Å². The molecule has 262 valence electrons.